The smallest absolute Gasteiger partial charge is 0.202 e. The predicted octanol–water partition coefficient (Wildman–Crippen LogP) is 2.92. The number of allylic oxidation sites excluding steroid dienone is 4. The summed E-state index contributed by atoms with van der Waals surface area (Å²) in [5, 5.41) is 76.1. The number of halogens is 1. The molecule has 1 heterocycles. The highest BCUT2D eigenvalue weighted by Gasteiger charge is 2.75. The van der Waals surface area contributed by atoms with E-state index in [-0.39, 0.29) is 59.0 Å². The molecule has 2 aromatic rings. The summed E-state index contributed by atoms with van der Waals surface area (Å²) in [6, 6.07) is 3.75. The number of ketones is 5. The standard InChI is InChI=1S/C27H29NO10.C22H29FO5/c1-10-22(30)14(28)7-17(37-10)38-16-9-27(35,11(2)29)8-13-19(16)26(34)21-20(24(13)32)23(31)12-5-4-6-15(36-3)18(12)25(21)33;1-12-8-16-15-5-4-13-9-14(25)6-7-19(13,2)21(15,23)17(26)10-20(16,3)22(12,28)18(27)11-24/h4-6,10,14,16-17,22,30,32,34-35H,7-9,28H2,1-3H3;6-7,9,12,15-17,24,26,28H,4-5,8,10-11H2,1-3H3/t10-,14-,16-,17-,22+,27-;12-,15+,16+,17+,19+,20+,21+,22+/m01/s1. The molecule has 0 bridgehead atoms. The van der Waals surface area contributed by atoms with Gasteiger partial charge in [-0.1, -0.05) is 37.6 Å². The van der Waals surface area contributed by atoms with Gasteiger partial charge in [-0.2, -0.15) is 0 Å². The van der Waals surface area contributed by atoms with Crippen LogP contribution in [0.1, 0.15) is 122 Å². The Morgan fingerprint density at radius 1 is 0.970 bits per heavy atom. The van der Waals surface area contributed by atoms with Gasteiger partial charge in [0.05, 0.1) is 48.2 Å². The van der Waals surface area contributed by atoms with Crippen molar-refractivity contribution in [3.63, 3.8) is 0 Å². The van der Waals surface area contributed by atoms with E-state index >= 15 is 4.39 Å². The Morgan fingerprint density at radius 2 is 1.65 bits per heavy atom. The summed E-state index contributed by atoms with van der Waals surface area (Å²) in [6.07, 6.45) is -0.0919. The van der Waals surface area contributed by atoms with Crippen LogP contribution in [0.2, 0.25) is 0 Å². The molecule has 14 atom stereocenters. The van der Waals surface area contributed by atoms with Crippen LogP contribution in [0.4, 0.5) is 4.39 Å². The van der Waals surface area contributed by atoms with Crippen molar-refractivity contribution in [2.45, 2.75) is 133 Å². The van der Waals surface area contributed by atoms with Crippen LogP contribution in [-0.2, 0) is 30.3 Å². The predicted molar refractivity (Wildman–Crippen MR) is 230 cm³/mol. The van der Waals surface area contributed by atoms with Crippen molar-refractivity contribution >= 4 is 28.9 Å². The van der Waals surface area contributed by atoms with Gasteiger partial charge in [0.25, 0.3) is 0 Å². The Labute approximate surface area is 380 Å². The maximum atomic E-state index is 16.9. The number of carbonyl (C=O) groups excluding carboxylic acids is 5. The van der Waals surface area contributed by atoms with Gasteiger partial charge in [-0.05, 0) is 76.5 Å². The van der Waals surface area contributed by atoms with Gasteiger partial charge in [-0.25, -0.2) is 4.39 Å². The third-order valence-electron chi connectivity index (χ3n) is 16.6. The third kappa shape index (κ3) is 6.55. The van der Waals surface area contributed by atoms with E-state index in [0.29, 0.717) is 24.8 Å². The normalized spacial score (nSPS) is 39.7. The van der Waals surface area contributed by atoms with Crippen LogP contribution in [-0.4, -0.2) is 126 Å². The van der Waals surface area contributed by atoms with Gasteiger partial charge in [-0.15, -0.1) is 0 Å². The summed E-state index contributed by atoms with van der Waals surface area (Å²) in [6.45, 7) is 7.27. The Balaban J connectivity index is 0.000000188. The molecule has 66 heavy (non-hydrogen) atoms. The number of benzene rings is 2. The first kappa shape index (κ1) is 47.8. The molecule has 9 N–H and O–H groups in total. The van der Waals surface area contributed by atoms with Crippen molar-refractivity contribution in [2.75, 3.05) is 13.7 Å². The fourth-order valence-electron chi connectivity index (χ4n) is 12.9. The number of phenolic OH excluding ortho intramolecular Hbond substituents is 2. The number of alkyl halides is 1. The van der Waals surface area contributed by atoms with E-state index in [2.05, 4.69) is 0 Å². The summed E-state index contributed by atoms with van der Waals surface area (Å²) >= 11 is 0. The molecule has 356 valence electrons. The van der Waals surface area contributed by atoms with Gasteiger partial charge < -0.3 is 55.7 Å². The van der Waals surface area contributed by atoms with Crippen molar-refractivity contribution in [3.8, 4) is 17.2 Å². The average Bonchev–Trinajstić information content (AvgIpc) is 3.47. The number of methoxy groups -OCH3 is 1. The largest absolute Gasteiger partial charge is 0.507 e. The van der Waals surface area contributed by atoms with Gasteiger partial charge in [0.1, 0.15) is 35.1 Å². The Hall–Kier alpha value is -4.72. The summed E-state index contributed by atoms with van der Waals surface area (Å²) in [5.74, 6) is -5.30. The molecule has 9 rings (SSSR count). The molecule has 1 saturated heterocycles. The molecule has 0 spiro atoms. The van der Waals surface area contributed by atoms with Crippen molar-refractivity contribution in [2.24, 2.45) is 34.3 Å². The maximum Gasteiger partial charge on any atom is 0.202 e. The molecule has 17 heteroatoms. The van der Waals surface area contributed by atoms with Gasteiger partial charge in [0, 0.05) is 58.7 Å². The Kier molecular flexibility index (Phi) is 11.7. The summed E-state index contributed by atoms with van der Waals surface area (Å²) in [7, 11) is 1.34. The highest BCUT2D eigenvalue weighted by atomic mass is 19.1. The second kappa shape index (κ2) is 16.2. The molecule has 0 amide bonds. The number of fused-ring (bicyclic) bond motifs is 8. The molecular weight excluding hydrogens is 862 g/mol. The lowest BCUT2D eigenvalue weighted by atomic mass is 9.44. The van der Waals surface area contributed by atoms with Gasteiger partial charge in [0.2, 0.25) is 5.78 Å². The van der Waals surface area contributed by atoms with Crippen LogP contribution < -0.4 is 10.5 Å². The van der Waals surface area contributed by atoms with Crippen LogP contribution >= 0.6 is 0 Å². The van der Waals surface area contributed by atoms with Crippen molar-refractivity contribution in [1.29, 1.82) is 0 Å². The van der Waals surface area contributed by atoms with Crippen LogP contribution in [0.3, 0.4) is 0 Å². The molecule has 0 unspecified atom stereocenters. The Bertz CT molecular complexity index is 2490. The number of aliphatic hydroxyl groups excluding tert-OH is 3. The highest BCUT2D eigenvalue weighted by molar-refractivity contribution is 6.31. The zero-order valence-corrected chi connectivity index (χ0v) is 37.7. The number of rotatable bonds is 6. The summed E-state index contributed by atoms with van der Waals surface area (Å²) in [5.41, 5.74) is -2.20. The van der Waals surface area contributed by atoms with Gasteiger partial charge in [0.15, 0.2) is 35.1 Å². The lowest BCUT2D eigenvalue weighted by molar-refractivity contribution is -0.247. The van der Waals surface area contributed by atoms with E-state index in [4.69, 9.17) is 19.9 Å². The fourth-order valence-corrected chi connectivity index (χ4v) is 12.9. The molecule has 0 aromatic heterocycles. The van der Waals surface area contributed by atoms with Crippen LogP contribution in [0.25, 0.3) is 0 Å². The lowest BCUT2D eigenvalue weighted by Gasteiger charge is -2.62. The number of hydrogen-bond acceptors (Lipinski definition) is 16. The number of ether oxygens (including phenoxy) is 3. The first-order valence-corrected chi connectivity index (χ1v) is 22.4. The first-order chi connectivity index (χ1) is 30.9. The number of carbonyl (C=O) groups is 5. The van der Waals surface area contributed by atoms with Gasteiger partial charge >= 0.3 is 0 Å². The number of phenols is 2. The fraction of sp³-hybridized carbons (Fsp3) is 0.571. The summed E-state index contributed by atoms with van der Waals surface area (Å²) < 4.78 is 33.9. The molecule has 1 aliphatic heterocycles. The number of nitrogens with two attached hydrogens (primary N) is 1. The second-order valence-corrected chi connectivity index (χ2v) is 19.9. The van der Waals surface area contributed by atoms with Gasteiger partial charge in [-0.3, -0.25) is 24.0 Å². The van der Waals surface area contributed by atoms with Crippen LogP contribution in [0.5, 0.6) is 17.2 Å². The van der Waals surface area contributed by atoms with Crippen LogP contribution in [0, 0.1) is 28.6 Å². The molecule has 3 saturated carbocycles. The first-order valence-electron chi connectivity index (χ1n) is 22.4. The quantitative estimate of drug-likeness (QED) is 0.165. The minimum atomic E-state index is -2.00. The molecule has 16 nitrogen and oxygen atoms in total. The minimum Gasteiger partial charge on any atom is -0.507 e. The Morgan fingerprint density at radius 3 is 2.29 bits per heavy atom. The maximum absolute atomic E-state index is 16.9. The van der Waals surface area contributed by atoms with E-state index in [0.717, 1.165) is 0 Å². The number of hydrogen-bond donors (Lipinski definition) is 8. The number of aromatic hydroxyl groups is 2. The molecule has 2 aromatic carbocycles. The SMILES string of the molecule is COc1cccc2c1C(=O)c1c(O)c3c(c(O)c1C2=O)C[C@@](O)(C(C)=O)C[C@@H]3O[C@H]1C[C@H](N)[C@H](O)[C@H](C)O1.C[C@@H]1C[C@H]2[C@@H]3CCC4=CC(=O)C=C[C@]4(C)[C@@]3(F)[C@@H](O)C[C@]2(C)[C@@]1(O)C(=O)CO. The zero-order valence-electron chi connectivity index (χ0n) is 37.7. The lowest BCUT2D eigenvalue weighted by Crippen LogP contribution is -2.69. The second-order valence-electron chi connectivity index (χ2n) is 19.9. The van der Waals surface area contributed by atoms with E-state index in [1.165, 1.54) is 44.4 Å². The molecule has 7 aliphatic rings. The molecule has 0 radical (unpaired) electrons. The molecule has 6 aliphatic carbocycles. The zero-order chi connectivity index (χ0) is 48.4. The average molecular weight is 920 g/mol. The summed E-state index contributed by atoms with van der Waals surface area (Å²) in [4.78, 5) is 64.0. The van der Waals surface area contributed by atoms with Crippen molar-refractivity contribution in [3.05, 3.63) is 75.4 Å². The monoisotopic (exact) mass is 919 g/mol. The minimum absolute atomic E-state index is 0.0147. The number of aliphatic hydroxyl groups is 5. The van der Waals surface area contributed by atoms with E-state index in [1.807, 2.05) is 0 Å². The van der Waals surface area contributed by atoms with Crippen LogP contribution in [0.15, 0.2) is 42.0 Å². The third-order valence-corrected chi connectivity index (χ3v) is 16.6. The van der Waals surface area contributed by atoms with E-state index in [1.54, 1.807) is 33.8 Å². The van der Waals surface area contributed by atoms with Crippen molar-refractivity contribution in [1.82, 2.24) is 0 Å². The van der Waals surface area contributed by atoms with E-state index < -0.39 is 135 Å². The molecule has 4 fully saturated rings. The molecular formula is C49H58FNO15. The van der Waals surface area contributed by atoms with E-state index in [9.17, 15) is 59.7 Å². The topological polar surface area (TPSA) is 281 Å². The highest BCUT2D eigenvalue weighted by Crippen LogP contribution is 2.70. The van der Waals surface area contributed by atoms with Crippen molar-refractivity contribution < 1.29 is 78.3 Å². The number of Topliss-reactive ketones (excluding diaryl/α,β-unsaturated/α-hetero) is 2.